The molecule has 0 amide bonds. The van der Waals surface area contributed by atoms with Gasteiger partial charge in [-0.05, 0) is 69.8 Å². The zero-order chi connectivity index (χ0) is 40.7. The quantitative estimate of drug-likeness (QED) is 0.168. The molecule has 0 aliphatic heterocycles. The van der Waals surface area contributed by atoms with Crippen LogP contribution in [0.5, 0.6) is 0 Å². The standard InChI is InChI=1S/C58H35N3S/c1-3-13-36(14-4-1)51-35-52(37-15-5-2-6-16-37)60-58(59-51)43-20-10-19-40(32-43)38-17-9-18-39(31-38)41-27-29-45-48-23-12-24-49-46-30-28-42(34-54(46)61(56(48)49)53(45)33-41)44-22-11-25-50-47-21-7-8-26-55(47)62-57(44)50/h1-35H. The minimum absolute atomic E-state index is 0.704. The van der Waals surface area contributed by atoms with Crippen LogP contribution in [0.2, 0.25) is 0 Å². The topological polar surface area (TPSA) is 30.2 Å². The van der Waals surface area contributed by atoms with Gasteiger partial charge in [0.25, 0.3) is 0 Å². The van der Waals surface area contributed by atoms with E-state index in [4.69, 9.17) is 9.97 Å². The van der Waals surface area contributed by atoms with Crippen LogP contribution in [0.1, 0.15) is 0 Å². The summed E-state index contributed by atoms with van der Waals surface area (Å²) in [4.78, 5) is 10.2. The summed E-state index contributed by atoms with van der Waals surface area (Å²) in [7, 11) is 0. The summed E-state index contributed by atoms with van der Waals surface area (Å²) in [5, 5.41) is 7.77. The largest absolute Gasteiger partial charge is 0.308 e. The summed E-state index contributed by atoms with van der Waals surface area (Å²) < 4.78 is 5.17. The van der Waals surface area contributed by atoms with Gasteiger partial charge in [0.1, 0.15) is 0 Å². The normalized spacial score (nSPS) is 11.9. The Labute approximate surface area is 361 Å². The van der Waals surface area contributed by atoms with E-state index < -0.39 is 0 Å². The fourth-order valence-electron chi connectivity index (χ4n) is 9.61. The Hall–Kier alpha value is -7.92. The SMILES string of the molecule is c1ccc(-c2cc(-c3ccccc3)nc(-c3cccc(-c4cccc(-c5ccc6c7cccc8c9ccc(-c%10cccc%11c%10sc%10ccccc%10%11)cc9n(c6c5)c78)c4)c3)n2)cc1. The molecule has 0 N–H and O–H groups in total. The van der Waals surface area contributed by atoms with Crippen molar-refractivity contribution in [2.75, 3.05) is 0 Å². The first-order chi connectivity index (χ1) is 30.7. The van der Waals surface area contributed by atoms with Crippen molar-refractivity contribution >= 4 is 69.6 Å². The van der Waals surface area contributed by atoms with E-state index in [0.717, 1.165) is 39.2 Å². The third-order valence-corrected chi connectivity index (χ3v) is 13.8. The van der Waals surface area contributed by atoms with Crippen LogP contribution in [0.25, 0.3) is 126 Å². The van der Waals surface area contributed by atoms with Gasteiger partial charge in [0.15, 0.2) is 5.82 Å². The van der Waals surface area contributed by atoms with Crippen LogP contribution in [0, 0.1) is 0 Å². The molecule has 0 aliphatic carbocycles. The van der Waals surface area contributed by atoms with Crippen LogP contribution >= 0.6 is 11.3 Å². The van der Waals surface area contributed by atoms with Crippen LogP contribution in [0.15, 0.2) is 212 Å². The Morgan fingerprint density at radius 1 is 0.323 bits per heavy atom. The van der Waals surface area contributed by atoms with Crippen molar-refractivity contribution in [2.45, 2.75) is 0 Å². The lowest BCUT2D eigenvalue weighted by Crippen LogP contribution is -1.96. The molecule has 13 rings (SSSR count). The van der Waals surface area contributed by atoms with Crippen LogP contribution in [0.4, 0.5) is 0 Å². The Morgan fingerprint density at radius 2 is 0.806 bits per heavy atom. The van der Waals surface area contributed by atoms with E-state index in [-0.39, 0.29) is 0 Å². The van der Waals surface area contributed by atoms with Crippen molar-refractivity contribution in [3.8, 4) is 67.3 Å². The fraction of sp³-hybridized carbons (Fsp3) is 0. The van der Waals surface area contributed by atoms with Gasteiger partial charge in [-0.3, -0.25) is 0 Å². The molecule has 62 heavy (non-hydrogen) atoms. The molecule has 4 heterocycles. The molecule has 0 spiro atoms. The molecule has 0 saturated carbocycles. The molecule has 0 saturated heterocycles. The number of benzene rings is 9. The lowest BCUT2D eigenvalue weighted by molar-refractivity contribution is 1.18. The molecule has 0 bridgehead atoms. The molecule has 0 fully saturated rings. The van der Waals surface area contributed by atoms with Gasteiger partial charge < -0.3 is 4.40 Å². The lowest BCUT2D eigenvalue weighted by Gasteiger charge is -2.11. The minimum Gasteiger partial charge on any atom is -0.308 e. The van der Waals surface area contributed by atoms with E-state index in [1.165, 1.54) is 80.5 Å². The molecule has 288 valence electrons. The summed E-state index contributed by atoms with van der Waals surface area (Å²) in [6.07, 6.45) is 0. The molecule has 0 atom stereocenters. The Bertz CT molecular complexity index is 3800. The summed E-state index contributed by atoms with van der Waals surface area (Å²) in [5.74, 6) is 0.704. The fourth-order valence-corrected chi connectivity index (χ4v) is 10.8. The van der Waals surface area contributed by atoms with Crippen molar-refractivity contribution in [3.05, 3.63) is 212 Å². The number of hydrogen-bond acceptors (Lipinski definition) is 3. The second-order valence-electron chi connectivity index (χ2n) is 16.1. The van der Waals surface area contributed by atoms with E-state index in [9.17, 15) is 0 Å². The molecule has 4 heteroatoms. The summed E-state index contributed by atoms with van der Waals surface area (Å²) in [6.45, 7) is 0. The number of hydrogen-bond donors (Lipinski definition) is 0. The third kappa shape index (κ3) is 5.51. The average Bonchev–Trinajstić information content (AvgIpc) is 4.01. The smallest absolute Gasteiger partial charge is 0.160 e. The Balaban J connectivity index is 0.923. The number of para-hydroxylation sites is 1. The molecule has 0 aliphatic rings. The van der Waals surface area contributed by atoms with Crippen molar-refractivity contribution in [1.29, 1.82) is 0 Å². The van der Waals surface area contributed by atoms with E-state index >= 15 is 0 Å². The second kappa shape index (κ2) is 13.8. The van der Waals surface area contributed by atoms with E-state index in [2.05, 4.69) is 205 Å². The predicted molar refractivity (Wildman–Crippen MR) is 262 cm³/mol. The van der Waals surface area contributed by atoms with Gasteiger partial charge in [0.05, 0.1) is 27.9 Å². The van der Waals surface area contributed by atoms with Gasteiger partial charge >= 0.3 is 0 Å². The predicted octanol–water partition coefficient (Wildman–Crippen LogP) is 16.0. The van der Waals surface area contributed by atoms with Crippen molar-refractivity contribution in [1.82, 2.24) is 14.4 Å². The van der Waals surface area contributed by atoms with Crippen molar-refractivity contribution in [3.63, 3.8) is 0 Å². The molecule has 3 nitrogen and oxygen atoms in total. The highest BCUT2D eigenvalue weighted by Gasteiger charge is 2.20. The van der Waals surface area contributed by atoms with Gasteiger partial charge in [-0.15, -0.1) is 11.3 Å². The van der Waals surface area contributed by atoms with Gasteiger partial charge in [-0.2, -0.15) is 0 Å². The number of fused-ring (bicyclic) bond motifs is 9. The van der Waals surface area contributed by atoms with Gasteiger partial charge in [0, 0.05) is 58.4 Å². The molecule has 4 aromatic heterocycles. The highest BCUT2D eigenvalue weighted by molar-refractivity contribution is 7.26. The number of thiophene rings is 1. The summed E-state index contributed by atoms with van der Waals surface area (Å²) >= 11 is 1.89. The maximum absolute atomic E-state index is 5.11. The first-order valence-electron chi connectivity index (χ1n) is 21.1. The van der Waals surface area contributed by atoms with Crippen LogP contribution in [-0.4, -0.2) is 14.4 Å². The van der Waals surface area contributed by atoms with Gasteiger partial charge in [-0.1, -0.05) is 176 Å². The summed E-state index contributed by atoms with van der Waals surface area (Å²) in [6, 6.07) is 76.6. The van der Waals surface area contributed by atoms with E-state index in [1.807, 2.05) is 23.5 Å². The van der Waals surface area contributed by atoms with Gasteiger partial charge in [0.2, 0.25) is 0 Å². The first kappa shape index (κ1) is 34.9. The maximum atomic E-state index is 5.11. The van der Waals surface area contributed by atoms with Crippen LogP contribution in [-0.2, 0) is 0 Å². The highest BCUT2D eigenvalue weighted by Crippen LogP contribution is 2.44. The zero-order valence-electron chi connectivity index (χ0n) is 33.5. The second-order valence-corrected chi connectivity index (χ2v) is 17.2. The minimum atomic E-state index is 0.704. The van der Waals surface area contributed by atoms with E-state index in [1.54, 1.807) is 0 Å². The van der Waals surface area contributed by atoms with Crippen molar-refractivity contribution < 1.29 is 0 Å². The molecule has 9 aromatic carbocycles. The number of rotatable bonds is 6. The van der Waals surface area contributed by atoms with Crippen molar-refractivity contribution in [2.24, 2.45) is 0 Å². The molecule has 13 aromatic rings. The average molecular weight is 806 g/mol. The van der Waals surface area contributed by atoms with E-state index in [0.29, 0.717) is 5.82 Å². The Morgan fingerprint density at radius 3 is 1.48 bits per heavy atom. The molecule has 0 radical (unpaired) electrons. The zero-order valence-corrected chi connectivity index (χ0v) is 34.3. The number of aromatic nitrogens is 3. The molecular weight excluding hydrogens is 771 g/mol. The van der Waals surface area contributed by atoms with Crippen LogP contribution < -0.4 is 0 Å². The first-order valence-corrected chi connectivity index (χ1v) is 21.9. The maximum Gasteiger partial charge on any atom is 0.160 e. The Kier molecular flexibility index (Phi) is 7.78. The number of nitrogens with zero attached hydrogens (tertiary/aromatic N) is 3. The summed E-state index contributed by atoms with van der Waals surface area (Å²) in [5.41, 5.74) is 15.8. The monoisotopic (exact) mass is 805 g/mol. The van der Waals surface area contributed by atoms with Gasteiger partial charge in [-0.25, -0.2) is 9.97 Å². The molecule has 0 unspecified atom stereocenters. The third-order valence-electron chi connectivity index (χ3n) is 12.5. The molecular formula is C58H35N3S. The van der Waals surface area contributed by atoms with Crippen LogP contribution in [0.3, 0.4) is 0 Å². The highest BCUT2D eigenvalue weighted by atomic mass is 32.1. The lowest BCUT2D eigenvalue weighted by atomic mass is 9.97.